The van der Waals surface area contributed by atoms with Gasteiger partial charge in [-0.1, -0.05) is 42.5 Å². The van der Waals surface area contributed by atoms with Crippen LogP contribution < -0.4 is 5.49 Å². The van der Waals surface area contributed by atoms with E-state index in [1.165, 1.54) is 0 Å². The highest BCUT2D eigenvalue weighted by Crippen LogP contribution is 2.10. The number of benzene rings is 2. The van der Waals surface area contributed by atoms with E-state index in [1.54, 1.807) is 0 Å². The first-order chi connectivity index (χ1) is 9.88. The van der Waals surface area contributed by atoms with Crippen molar-refractivity contribution in [3.63, 3.8) is 0 Å². The molecule has 0 unspecified atom stereocenters. The van der Waals surface area contributed by atoms with Gasteiger partial charge in [0.1, 0.15) is 0 Å². The highest BCUT2D eigenvalue weighted by atomic mass is 15.4. The van der Waals surface area contributed by atoms with E-state index < -0.39 is 0 Å². The molecule has 0 bridgehead atoms. The number of nitrogens with zero attached hydrogens (tertiary/aromatic N) is 4. The van der Waals surface area contributed by atoms with Crippen LogP contribution in [-0.2, 0) is 6.54 Å². The molecule has 3 aromatic rings. The summed E-state index contributed by atoms with van der Waals surface area (Å²) in [4.78, 5) is 4.75. The summed E-state index contributed by atoms with van der Waals surface area (Å²) in [5, 5.41) is 9.55. The van der Waals surface area contributed by atoms with E-state index in [1.807, 2.05) is 59.3 Å². The van der Waals surface area contributed by atoms with E-state index >= 15 is 0 Å². The van der Waals surface area contributed by atoms with Crippen molar-refractivity contribution >= 4 is 16.6 Å². The minimum absolute atomic E-state index is 0.809. The van der Waals surface area contributed by atoms with Crippen molar-refractivity contribution in [3.8, 4) is 0 Å². The van der Waals surface area contributed by atoms with Gasteiger partial charge in [-0.15, -0.1) is 5.10 Å². The molecule has 100 valence electrons. The molecule has 4 nitrogen and oxygen atoms in total. The maximum atomic E-state index is 4.75. The highest BCUT2D eigenvalue weighted by Gasteiger charge is 2.03. The van der Waals surface area contributed by atoms with Crippen molar-refractivity contribution in [1.82, 2.24) is 15.0 Å². The molecule has 0 atom stereocenters. The Hall–Kier alpha value is -2.49. The molecule has 0 aliphatic heterocycles. The first kappa shape index (κ1) is 12.5. The Balaban J connectivity index is 2.30. The Morgan fingerprint density at radius 1 is 1.00 bits per heavy atom. The predicted octanol–water partition coefficient (Wildman–Crippen LogP) is 3.07. The normalized spacial score (nSPS) is 11.9. The maximum absolute atomic E-state index is 4.75. The van der Waals surface area contributed by atoms with Gasteiger partial charge in [0.25, 0.3) is 0 Å². The van der Waals surface area contributed by atoms with Crippen LogP contribution in [0.5, 0.6) is 0 Å². The summed E-state index contributed by atoms with van der Waals surface area (Å²) < 4.78 is 1.87. The van der Waals surface area contributed by atoms with Gasteiger partial charge >= 0.3 is 0 Å². The first-order valence-corrected chi connectivity index (χ1v) is 6.81. The van der Waals surface area contributed by atoms with Crippen molar-refractivity contribution in [2.24, 2.45) is 4.99 Å². The number of fused-ring (bicyclic) bond motifs is 1. The van der Waals surface area contributed by atoms with Crippen molar-refractivity contribution in [3.05, 3.63) is 60.1 Å². The van der Waals surface area contributed by atoms with E-state index in [0.29, 0.717) is 0 Å². The van der Waals surface area contributed by atoms with Crippen molar-refractivity contribution < 1.29 is 0 Å². The molecule has 0 N–H and O–H groups in total. The Morgan fingerprint density at radius 3 is 2.55 bits per heavy atom. The van der Waals surface area contributed by atoms with Crippen LogP contribution in [0.1, 0.15) is 13.3 Å². The fourth-order valence-corrected chi connectivity index (χ4v) is 2.14. The Morgan fingerprint density at radius 2 is 1.75 bits per heavy atom. The zero-order valence-corrected chi connectivity index (χ0v) is 11.4. The third-order valence-electron chi connectivity index (χ3n) is 3.08. The van der Waals surface area contributed by atoms with Crippen LogP contribution in [0, 0.1) is 0 Å². The average Bonchev–Trinajstić information content (AvgIpc) is 2.51. The molecule has 0 saturated carbocycles. The van der Waals surface area contributed by atoms with Gasteiger partial charge in [-0.25, -0.2) is 9.67 Å². The molecule has 0 spiro atoms. The third kappa shape index (κ3) is 2.45. The molecule has 1 aromatic heterocycles. The molecule has 0 radical (unpaired) electrons. The summed E-state index contributed by atoms with van der Waals surface area (Å²) in [5.74, 6) is 0. The quantitative estimate of drug-likeness (QED) is 0.729. The Bertz CT molecular complexity index is 775. The largest absolute Gasteiger partial charge is 0.229 e. The molecule has 1 heterocycles. The van der Waals surface area contributed by atoms with Crippen molar-refractivity contribution in [2.45, 2.75) is 19.9 Å². The molecule has 4 heteroatoms. The number of aryl methyl sites for hydroxylation is 1. The second-order valence-electron chi connectivity index (χ2n) is 4.60. The van der Waals surface area contributed by atoms with Crippen LogP contribution in [0.4, 0.5) is 5.69 Å². The Kier molecular flexibility index (Phi) is 3.54. The molecule has 2 aromatic carbocycles. The van der Waals surface area contributed by atoms with Crippen LogP contribution in [0.25, 0.3) is 10.9 Å². The van der Waals surface area contributed by atoms with Crippen LogP contribution in [-0.4, -0.2) is 15.0 Å². The average molecular weight is 264 g/mol. The standard InChI is InChI=1S/C16H16N4/c1-2-12-20-16(17-13-8-4-3-5-9-13)14-10-6-7-11-15(14)18-19-20/h3-11H,2,12H2,1H3. The van der Waals surface area contributed by atoms with E-state index in [2.05, 4.69) is 17.2 Å². The number of rotatable bonds is 3. The Labute approximate surface area is 117 Å². The van der Waals surface area contributed by atoms with Crippen molar-refractivity contribution in [1.29, 1.82) is 0 Å². The molecule has 3 rings (SSSR count). The molecule has 0 fully saturated rings. The molecular weight excluding hydrogens is 248 g/mol. The van der Waals surface area contributed by atoms with Gasteiger partial charge in [0.15, 0.2) is 5.49 Å². The van der Waals surface area contributed by atoms with Gasteiger partial charge < -0.3 is 0 Å². The zero-order valence-electron chi connectivity index (χ0n) is 11.4. The van der Waals surface area contributed by atoms with Gasteiger partial charge in [-0.3, -0.25) is 0 Å². The second-order valence-corrected chi connectivity index (χ2v) is 4.60. The lowest BCUT2D eigenvalue weighted by atomic mass is 10.2. The van der Waals surface area contributed by atoms with Crippen molar-refractivity contribution in [2.75, 3.05) is 0 Å². The van der Waals surface area contributed by atoms with Crippen LogP contribution in [0.15, 0.2) is 59.6 Å². The minimum atomic E-state index is 0.809. The van der Waals surface area contributed by atoms with Crippen LogP contribution in [0.3, 0.4) is 0 Å². The van der Waals surface area contributed by atoms with Gasteiger partial charge in [-0.05, 0) is 30.7 Å². The summed E-state index contributed by atoms with van der Waals surface area (Å²) in [6, 6.07) is 17.9. The lowest BCUT2D eigenvalue weighted by Gasteiger charge is -2.06. The van der Waals surface area contributed by atoms with Crippen LogP contribution >= 0.6 is 0 Å². The van der Waals surface area contributed by atoms with Gasteiger partial charge in [0.2, 0.25) is 0 Å². The van der Waals surface area contributed by atoms with Gasteiger partial charge in [0, 0.05) is 11.9 Å². The SMILES string of the molecule is CCCn1nnc2ccccc2c1=Nc1ccccc1. The van der Waals surface area contributed by atoms with Crippen LogP contribution in [0.2, 0.25) is 0 Å². The fraction of sp³-hybridized carbons (Fsp3) is 0.188. The minimum Gasteiger partial charge on any atom is -0.229 e. The molecule has 0 aliphatic carbocycles. The maximum Gasteiger partial charge on any atom is 0.160 e. The highest BCUT2D eigenvalue weighted by molar-refractivity contribution is 5.76. The first-order valence-electron chi connectivity index (χ1n) is 6.81. The van der Waals surface area contributed by atoms with E-state index in [9.17, 15) is 0 Å². The summed E-state index contributed by atoms with van der Waals surface area (Å²) in [5.41, 5.74) is 2.66. The molecule has 0 amide bonds. The molecule has 0 saturated heterocycles. The summed E-state index contributed by atoms with van der Waals surface area (Å²) in [7, 11) is 0. The molecule has 20 heavy (non-hydrogen) atoms. The number of hydrogen-bond donors (Lipinski definition) is 0. The van der Waals surface area contributed by atoms with E-state index in [4.69, 9.17) is 4.99 Å². The lowest BCUT2D eigenvalue weighted by molar-refractivity contribution is 0.534. The number of aromatic nitrogens is 3. The second kappa shape index (κ2) is 5.65. The van der Waals surface area contributed by atoms with E-state index in [-0.39, 0.29) is 0 Å². The summed E-state index contributed by atoms with van der Waals surface area (Å²) in [6.07, 6.45) is 0.995. The number of hydrogen-bond acceptors (Lipinski definition) is 3. The van der Waals surface area contributed by atoms with Gasteiger partial charge in [0.05, 0.1) is 11.2 Å². The zero-order chi connectivity index (χ0) is 13.8. The van der Waals surface area contributed by atoms with Gasteiger partial charge in [-0.2, -0.15) is 0 Å². The third-order valence-corrected chi connectivity index (χ3v) is 3.08. The summed E-state index contributed by atoms with van der Waals surface area (Å²) >= 11 is 0. The fourth-order valence-electron chi connectivity index (χ4n) is 2.14. The lowest BCUT2D eigenvalue weighted by Crippen LogP contribution is -2.25. The smallest absolute Gasteiger partial charge is 0.160 e. The van der Waals surface area contributed by atoms with E-state index in [0.717, 1.165) is 35.0 Å². The monoisotopic (exact) mass is 264 g/mol. The summed E-state index contributed by atoms with van der Waals surface area (Å²) in [6.45, 7) is 2.93. The predicted molar refractivity (Wildman–Crippen MR) is 79.5 cm³/mol. The number of para-hydroxylation sites is 1. The molecular formula is C16H16N4. The molecule has 0 aliphatic rings. The topological polar surface area (TPSA) is 43.1 Å².